The molecule has 2 aromatic carbocycles. The zero-order valence-electron chi connectivity index (χ0n) is 13.7. The molecule has 0 saturated carbocycles. The maximum absolute atomic E-state index is 13.3. The zero-order valence-corrected chi connectivity index (χ0v) is 16.0. The van der Waals surface area contributed by atoms with Crippen LogP contribution in [-0.2, 0) is 17.6 Å². The summed E-state index contributed by atoms with van der Waals surface area (Å²) in [5.74, 6) is 0. The number of halogens is 6. The van der Waals surface area contributed by atoms with E-state index in [1.54, 1.807) is 18.2 Å². The Hall–Kier alpha value is -1.43. The van der Waals surface area contributed by atoms with Gasteiger partial charge in [0, 0.05) is 16.1 Å². The summed E-state index contributed by atoms with van der Waals surface area (Å²) in [5, 5.41) is 4.79. The molecular formula is C18H15Cl3F3NO. The Morgan fingerprint density at radius 2 is 1.85 bits per heavy atom. The Morgan fingerprint density at radius 1 is 1.12 bits per heavy atom. The first-order chi connectivity index (χ1) is 12.2. The van der Waals surface area contributed by atoms with E-state index in [4.69, 9.17) is 39.6 Å². The second-order valence-corrected chi connectivity index (χ2v) is 6.68. The van der Waals surface area contributed by atoms with E-state index in [1.807, 2.05) is 6.92 Å². The molecule has 0 unspecified atom stereocenters. The molecule has 8 heteroatoms. The van der Waals surface area contributed by atoms with E-state index in [0.717, 1.165) is 6.07 Å². The van der Waals surface area contributed by atoms with E-state index < -0.39 is 11.7 Å². The van der Waals surface area contributed by atoms with Gasteiger partial charge in [-0.2, -0.15) is 13.2 Å². The van der Waals surface area contributed by atoms with Crippen molar-refractivity contribution in [2.24, 2.45) is 5.16 Å². The fraction of sp³-hybridized carbons (Fsp3) is 0.278. The van der Waals surface area contributed by atoms with Gasteiger partial charge in [-0.15, -0.1) is 0 Å². The maximum atomic E-state index is 13.3. The molecule has 0 radical (unpaired) electrons. The third-order valence-corrected chi connectivity index (χ3v) is 4.60. The van der Waals surface area contributed by atoms with Gasteiger partial charge < -0.3 is 4.84 Å². The predicted molar refractivity (Wildman–Crippen MR) is 99.2 cm³/mol. The second kappa shape index (κ2) is 8.98. The second-order valence-electron chi connectivity index (χ2n) is 5.46. The molecule has 140 valence electrons. The van der Waals surface area contributed by atoms with Crippen molar-refractivity contribution >= 4 is 40.5 Å². The number of nitrogens with zero attached hydrogens (tertiary/aromatic N) is 1. The number of rotatable bonds is 6. The van der Waals surface area contributed by atoms with Gasteiger partial charge in [-0.05, 0) is 30.7 Å². The summed E-state index contributed by atoms with van der Waals surface area (Å²) in [6, 6.07) is 8.40. The van der Waals surface area contributed by atoms with Crippen molar-refractivity contribution in [2.75, 3.05) is 0 Å². The van der Waals surface area contributed by atoms with Crippen LogP contribution in [-0.4, -0.2) is 5.71 Å². The molecular weight excluding hydrogens is 410 g/mol. The van der Waals surface area contributed by atoms with E-state index in [9.17, 15) is 13.2 Å². The fourth-order valence-corrected chi connectivity index (χ4v) is 2.86. The highest BCUT2D eigenvalue weighted by atomic mass is 35.5. The van der Waals surface area contributed by atoms with E-state index >= 15 is 0 Å². The summed E-state index contributed by atoms with van der Waals surface area (Å²) in [6.07, 6.45) is -3.64. The van der Waals surface area contributed by atoms with Crippen LogP contribution >= 0.6 is 34.8 Å². The highest BCUT2D eigenvalue weighted by Crippen LogP contribution is 2.34. The lowest BCUT2D eigenvalue weighted by atomic mass is 9.99. The molecule has 0 aliphatic heterocycles. The monoisotopic (exact) mass is 423 g/mol. The van der Waals surface area contributed by atoms with E-state index in [-0.39, 0.29) is 22.9 Å². The molecule has 0 bridgehead atoms. The van der Waals surface area contributed by atoms with Crippen LogP contribution in [0.5, 0.6) is 0 Å². The standard InChI is InChI=1S/C18H15Cl3F3NO/c1-2-4-16(13-9-12(19)7-8-14(13)18(22,23)24)25-26-10-11-5-3-6-15(20)17(11)21/h3,5-9H,2,4,10H2,1H3/b25-16+. The quantitative estimate of drug-likeness (QED) is 0.350. The van der Waals surface area contributed by atoms with Gasteiger partial charge in [0.15, 0.2) is 0 Å². The zero-order chi connectivity index (χ0) is 19.3. The third-order valence-electron chi connectivity index (χ3n) is 3.51. The van der Waals surface area contributed by atoms with Gasteiger partial charge in [-0.1, -0.05) is 65.4 Å². The summed E-state index contributed by atoms with van der Waals surface area (Å²) in [6.45, 7) is 1.82. The summed E-state index contributed by atoms with van der Waals surface area (Å²) in [5.41, 5.74) is -0.149. The molecule has 0 atom stereocenters. The van der Waals surface area contributed by atoms with Crippen LogP contribution in [0.2, 0.25) is 15.1 Å². The molecule has 2 aromatic rings. The average molecular weight is 425 g/mol. The first kappa shape index (κ1) is 20.9. The SMILES string of the molecule is CCC/C(=N\OCc1cccc(Cl)c1Cl)c1cc(Cl)ccc1C(F)(F)F. The van der Waals surface area contributed by atoms with E-state index in [1.165, 1.54) is 12.1 Å². The molecule has 26 heavy (non-hydrogen) atoms. The van der Waals surface area contributed by atoms with Gasteiger partial charge in [0.1, 0.15) is 6.61 Å². The van der Waals surface area contributed by atoms with Crippen LogP contribution in [0.4, 0.5) is 13.2 Å². The Kier molecular flexibility index (Phi) is 7.21. The van der Waals surface area contributed by atoms with Gasteiger partial charge in [0.2, 0.25) is 0 Å². The smallest absolute Gasteiger partial charge is 0.391 e. The number of alkyl halides is 3. The average Bonchev–Trinajstić information content (AvgIpc) is 2.56. The molecule has 0 aliphatic carbocycles. The third kappa shape index (κ3) is 5.29. The fourth-order valence-electron chi connectivity index (χ4n) is 2.31. The highest BCUT2D eigenvalue weighted by Gasteiger charge is 2.34. The van der Waals surface area contributed by atoms with Crippen molar-refractivity contribution < 1.29 is 18.0 Å². The molecule has 0 N–H and O–H groups in total. The Bertz CT molecular complexity index is 807. The topological polar surface area (TPSA) is 21.6 Å². The highest BCUT2D eigenvalue weighted by molar-refractivity contribution is 6.42. The molecule has 0 fully saturated rings. The van der Waals surface area contributed by atoms with Crippen molar-refractivity contribution in [1.29, 1.82) is 0 Å². The van der Waals surface area contributed by atoms with Gasteiger partial charge in [-0.3, -0.25) is 0 Å². The number of hydrogen-bond acceptors (Lipinski definition) is 2. The minimum atomic E-state index is -4.52. The van der Waals surface area contributed by atoms with E-state index in [2.05, 4.69) is 5.16 Å². The molecule has 0 saturated heterocycles. The minimum Gasteiger partial charge on any atom is -0.391 e. The number of hydrogen-bond donors (Lipinski definition) is 0. The predicted octanol–water partition coefficient (Wildman–Crippen LogP) is 7.39. The Balaban J connectivity index is 2.33. The van der Waals surface area contributed by atoms with Crippen LogP contribution in [0.1, 0.15) is 36.5 Å². The van der Waals surface area contributed by atoms with E-state index in [0.29, 0.717) is 28.5 Å². The van der Waals surface area contributed by atoms with Crippen LogP contribution < -0.4 is 0 Å². The number of oxime groups is 1. The minimum absolute atomic E-state index is 0.0193. The Morgan fingerprint density at radius 3 is 2.50 bits per heavy atom. The van der Waals surface area contributed by atoms with Crippen molar-refractivity contribution in [3.8, 4) is 0 Å². The van der Waals surface area contributed by atoms with Crippen LogP contribution in [0, 0.1) is 0 Å². The van der Waals surface area contributed by atoms with Crippen molar-refractivity contribution in [1.82, 2.24) is 0 Å². The summed E-state index contributed by atoms with van der Waals surface area (Å²) < 4.78 is 39.9. The molecule has 0 aromatic heterocycles. The largest absolute Gasteiger partial charge is 0.417 e. The van der Waals surface area contributed by atoms with Gasteiger partial charge >= 0.3 is 6.18 Å². The summed E-state index contributed by atoms with van der Waals surface area (Å²) >= 11 is 17.9. The van der Waals surface area contributed by atoms with Crippen molar-refractivity contribution in [3.05, 3.63) is 68.2 Å². The number of benzene rings is 2. The summed E-state index contributed by atoms with van der Waals surface area (Å²) in [7, 11) is 0. The molecule has 0 heterocycles. The first-order valence-corrected chi connectivity index (χ1v) is 8.86. The summed E-state index contributed by atoms with van der Waals surface area (Å²) in [4.78, 5) is 5.27. The van der Waals surface area contributed by atoms with Crippen LogP contribution in [0.25, 0.3) is 0 Å². The molecule has 0 spiro atoms. The Labute approximate surface area is 164 Å². The first-order valence-electron chi connectivity index (χ1n) is 7.73. The molecule has 0 aliphatic rings. The molecule has 0 amide bonds. The van der Waals surface area contributed by atoms with Gasteiger partial charge in [0.25, 0.3) is 0 Å². The van der Waals surface area contributed by atoms with Crippen molar-refractivity contribution in [2.45, 2.75) is 32.5 Å². The lowest BCUT2D eigenvalue weighted by Crippen LogP contribution is -2.14. The molecule has 2 rings (SSSR count). The maximum Gasteiger partial charge on any atom is 0.417 e. The van der Waals surface area contributed by atoms with Crippen molar-refractivity contribution in [3.63, 3.8) is 0 Å². The van der Waals surface area contributed by atoms with Crippen LogP contribution in [0.3, 0.4) is 0 Å². The van der Waals surface area contributed by atoms with Gasteiger partial charge in [0.05, 0.1) is 21.3 Å². The van der Waals surface area contributed by atoms with Gasteiger partial charge in [-0.25, -0.2) is 0 Å². The van der Waals surface area contributed by atoms with Crippen LogP contribution in [0.15, 0.2) is 41.6 Å². The normalized spacial score (nSPS) is 12.3. The lowest BCUT2D eigenvalue weighted by molar-refractivity contribution is -0.137. The lowest BCUT2D eigenvalue weighted by Gasteiger charge is -2.15. The molecule has 2 nitrogen and oxygen atoms in total.